The van der Waals surface area contributed by atoms with Crippen molar-refractivity contribution in [1.82, 2.24) is 58.5 Å². The molecule has 2 aromatic carbocycles. The van der Waals surface area contributed by atoms with E-state index in [0.717, 1.165) is 6.42 Å². The number of carbonyl (C=O) groups excluding carboxylic acids is 12. The number of carbonyl (C=O) groups is 12. The molecule has 3 rings (SSSR count). The molecular formula is C60H96N16O15. The number of hydrogen-bond acceptors (Lipinski definition) is 20. The minimum atomic E-state index is -1.79. The molecule has 0 bridgehead atoms. The molecule has 31 nitrogen and oxygen atoms in total. The summed E-state index contributed by atoms with van der Waals surface area (Å²) in [6.07, 6.45) is -3.48. The Morgan fingerprint density at radius 2 is 1.05 bits per heavy atom. The Morgan fingerprint density at radius 1 is 0.560 bits per heavy atom. The van der Waals surface area contributed by atoms with Crippen LogP contribution in [0.4, 0.5) is 0 Å². The summed E-state index contributed by atoms with van der Waals surface area (Å²) >= 11 is 0. The summed E-state index contributed by atoms with van der Waals surface area (Å²) in [4.78, 5) is 167. The van der Waals surface area contributed by atoms with Crippen LogP contribution in [0.25, 0.3) is 0 Å². The highest BCUT2D eigenvalue weighted by Crippen LogP contribution is 2.17. The van der Waals surface area contributed by atoms with Crippen LogP contribution in [0.3, 0.4) is 0 Å². The van der Waals surface area contributed by atoms with E-state index in [1.807, 2.05) is 6.92 Å². The van der Waals surface area contributed by atoms with Crippen LogP contribution in [-0.4, -0.2) is 193 Å². The topological polar surface area (TPSA) is 517 Å². The van der Waals surface area contributed by atoms with E-state index in [0.29, 0.717) is 12.0 Å². The van der Waals surface area contributed by atoms with E-state index in [9.17, 15) is 67.7 Å². The second-order valence-corrected chi connectivity index (χ2v) is 22.8. The largest absolute Gasteiger partial charge is 0.426 e. The highest BCUT2D eigenvalue weighted by atomic mass is 16.5. The molecule has 1 aliphatic heterocycles. The molecule has 1 heterocycles. The van der Waals surface area contributed by atoms with Crippen molar-refractivity contribution in [2.24, 2.45) is 40.5 Å². The van der Waals surface area contributed by atoms with Crippen LogP contribution in [0.1, 0.15) is 115 Å². The van der Waals surface area contributed by atoms with Crippen molar-refractivity contribution in [2.45, 2.75) is 178 Å². The fraction of sp³-hybridized carbons (Fsp3) is 0.600. The Kier molecular flexibility index (Phi) is 33.7. The number of nitrogens with two attached hydrogens (primary N) is 5. The van der Waals surface area contributed by atoms with Crippen molar-refractivity contribution in [3.63, 3.8) is 0 Å². The van der Waals surface area contributed by atoms with Gasteiger partial charge in [0.05, 0.1) is 18.1 Å². The number of ether oxygens (including phenoxy) is 1. The second-order valence-electron chi connectivity index (χ2n) is 22.8. The lowest BCUT2D eigenvalue weighted by atomic mass is 10.00. The molecule has 1 fully saturated rings. The maximum absolute atomic E-state index is 14.6. The molecule has 0 saturated carbocycles. The van der Waals surface area contributed by atoms with Crippen molar-refractivity contribution >= 4 is 70.9 Å². The average molecular weight is 1280 g/mol. The van der Waals surface area contributed by atoms with Gasteiger partial charge in [-0.2, -0.15) is 0 Å². The average Bonchev–Trinajstić information content (AvgIpc) is 2.23. The van der Waals surface area contributed by atoms with E-state index in [2.05, 4.69) is 58.5 Å². The monoisotopic (exact) mass is 1280 g/mol. The fourth-order valence-corrected chi connectivity index (χ4v) is 9.55. The zero-order valence-corrected chi connectivity index (χ0v) is 52.7. The minimum absolute atomic E-state index is 0.0320. The molecule has 0 aromatic heterocycles. The number of nitrogens with one attached hydrogen (secondary N) is 11. The van der Waals surface area contributed by atoms with Crippen molar-refractivity contribution in [3.8, 4) is 5.75 Å². The molecule has 23 N–H and O–H groups in total. The van der Waals surface area contributed by atoms with Gasteiger partial charge in [-0.15, -0.1) is 0 Å². The summed E-state index contributed by atoms with van der Waals surface area (Å²) in [5, 5.41) is 49.5. The first-order valence-electron chi connectivity index (χ1n) is 30.8. The van der Waals surface area contributed by atoms with Gasteiger partial charge in [0.1, 0.15) is 66.2 Å². The Balaban J connectivity index is 2.05. The Labute approximate surface area is 529 Å². The van der Waals surface area contributed by atoms with Gasteiger partial charge in [0.2, 0.25) is 59.1 Å². The van der Waals surface area contributed by atoms with Gasteiger partial charge in [-0.3, -0.25) is 57.5 Å². The van der Waals surface area contributed by atoms with Crippen molar-refractivity contribution < 1.29 is 72.5 Å². The van der Waals surface area contributed by atoms with Crippen LogP contribution in [0.15, 0.2) is 54.6 Å². The molecular weight excluding hydrogens is 1180 g/mol. The summed E-state index contributed by atoms with van der Waals surface area (Å²) in [5.74, 6) is -11.2. The van der Waals surface area contributed by atoms with Gasteiger partial charge in [-0.1, -0.05) is 64.4 Å². The van der Waals surface area contributed by atoms with Gasteiger partial charge < -0.3 is 102 Å². The van der Waals surface area contributed by atoms with Crippen LogP contribution >= 0.6 is 0 Å². The third-order valence-corrected chi connectivity index (χ3v) is 14.6. The fourth-order valence-electron chi connectivity index (χ4n) is 9.55. The third kappa shape index (κ3) is 25.9. The lowest BCUT2D eigenvalue weighted by molar-refractivity contribution is -0.138. The van der Waals surface area contributed by atoms with Gasteiger partial charge in [0.15, 0.2) is 0 Å². The van der Waals surface area contributed by atoms with Gasteiger partial charge in [-0.05, 0) is 134 Å². The molecule has 2 aromatic rings. The maximum Gasteiger partial charge on any atom is 0.314 e. The molecule has 1 aliphatic rings. The van der Waals surface area contributed by atoms with E-state index in [-0.39, 0.29) is 101 Å². The smallest absolute Gasteiger partial charge is 0.314 e. The van der Waals surface area contributed by atoms with Crippen molar-refractivity contribution in [3.05, 3.63) is 65.7 Å². The van der Waals surface area contributed by atoms with E-state index >= 15 is 0 Å². The lowest BCUT2D eigenvalue weighted by Crippen LogP contribution is -2.62. The predicted molar refractivity (Wildman–Crippen MR) is 334 cm³/mol. The van der Waals surface area contributed by atoms with Crippen LogP contribution in [-0.2, 0) is 59.2 Å². The number of aliphatic hydroxyl groups is 2. The predicted octanol–water partition coefficient (Wildman–Crippen LogP) is -5.20. The highest BCUT2D eigenvalue weighted by Gasteiger charge is 2.38. The Bertz CT molecular complexity index is 2740. The number of aliphatic hydroxyl groups excluding tert-OH is 2. The van der Waals surface area contributed by atoms with E-state index < -0.39 is 157 Å². The van der Waals surface area contributed by atoms with Gasteiger partial charge in [0, 0.05) is 18.5 Å². The van der Waals surface area contributed by atoms with Crippen molar-refractivity contribution in [1.29, 1.82) is 0 Å². The number of amides is 11. The Hall–Kier alpha value is -8.20. The SMILES string of the molecule is CCCC(C)C(=O)Oc1ccc(C(=O)N[C@@H](CCN)C(=O)N[C@H](C(=O)N[C@@H](CCN)C(=O)N[C@H]2CCNC(=O)[C@H](C(C)O)NC(=O)[C@H](CCN)NC(=O)[C@H](CCN)NC(=O)[C@H](CC(C)C)NC(=O)[C@@H](Cc3ccccc3)NC(=O)[C@H](CCN)NC2=O)C(C)O)cc1. The van der Waals surface area contributed by atoms with Gasteiger partial charge in [-0.25, -0.2) is 0 Å². The van der Waals surface area contributed by atoms with Gasteiger partial charge >= 0.3 is 5.97 Å². The maximum atomic E-state index is 14.6. The van der Waals surface area contributed by atoms with E-state index in [4.69, 9.17) is 33.4 Å². The summed E-state index contributed by atoms with van der Waals surface area (Å²) < 4.78 is 5.41. The number of hydrogen-bond donors (Lipinski definition) is 18. The molecule has 3 unspecified atom stereocenters. The summed E-state index contributed by atoms with van der Waals surface area (Å²) in [5.41, 5.74) is 30.1. The molecule has 11 amide bonds. The normalized spacial score (nSPS) is 22.0. The zero-order valence-electron chi connectivity index (χ0n) is 52.7. The zero-order chi connectivity index (χ0) is 67.9. The van der Waals surface area contributed by atoms with Crippen LogP contribution in [0.2, 0.25) is 0 Å². The molecule has 31 heteroatoms. The quantitative estimate of drug-likeness (QED) is 0.0280. The molecule has 0 aliphatic carbocycles. The van der Waals surface area contributed by atoms with Crippen LogP contribution in [0.5, 0.6) is 5.75 Å². The summed E-state index contributed by atoms with van der Waals surface area (Å²) in [7, 11) is 0. The van der Waals surface area contributed by atoms with Crippen LogP contribution in [0, 0.1) is 11.8 Å². The number of benzene rings is 2. The molecule has 0 radical (unpaired) electrons. The second kappa shape index (κ2) is 39.8. The number of esters is 1. The first-order valence-corrected chi connectivity index (χ1v) is 30.8. The first-order chi connectivity index (χ1) is 43.2. The Morgan fingerprint density at radius 3 is 1.56 bits per heavy atom. The minimum Gasteiger partial charge on any atom is -0.426 e. The van der Waals surface area contributed by atoms with E-state index in [1.165, 1.54) is 38.1 Å². The highest BCUT2D eigenvalue weighted by molar-refractivity contribution is 6.01. The summed E-state index contributed by atoms with van der Waals surface area (Å²) in [6, 6.07) is -1.21. The number of rotatable bonds is 28. The molecule has 1 saturated heterocycles. The standard InChI is InChI=1S/C60H96N16O15/c1-7-11-33(4)60(90)91-38-16-14-37(15-17-38)49(79)67-42(21-27-64)54(84)76-48(35(6)78)59(89)72-41(20-26-63)51(81)71-44-23-29-66-58(88)47(34(5)77)75-55(85)43(22-28-65)69-50(80)39(18-24-61)70-56(86)45(30-32(2)3)73-57(87)46(31-36-12-9-8-10-13-36)74-52(82)40(19-25-62)68-53(44)83/h8-10,12-17,32-35,39-48,77-78H,7,11,18-31,61-65H2,1-6H3,(H,66,88)(H,67,79)(H,68,83)(H,69,80)(H,70,86)(H,71,81)(H,72,89)(H,73,87)(H,74,82)(H,75,85)(H,76,84)/t33?,34?,35?,39-,40-,41-,42-,43-,44-,45-,46+,47-,48-/m0/s1. The van der Waals surface area contributed by atoms with Crippen molar-refractivity contribution in [2.75, 3.05) is 39.3 Å². The lowest BCUT2D eigenvalue weighted by Gasteiger charge is -2.29. The molecule has 506 valence electrons. The van der Waals surface area contributed by atoms with E-state index in [1.54, 1.807) is 51.1 Å². The van der Waals surface area contributed by atoms with Crippen LogP contribution < -0.4 is 91.9 Å². The first kappa shape index (κ1) is 77.0. The molecule has 13 atom stereocenters. The molecule has 91 heavy (non-hydrogen) atoms. The summed E-state index contributed by atoms with van der Waals surface area (Å²) in [6.45, 7) is 8.20. The third-order valence-electron chi connectivity index (χ3n) is 14.6. The van der Waals surface area contributed by atoms with Gasteiger partial charge in [0.25, 0.3) is 5.91 Å². The molecule has 0 spiro atoms.